The molecule has 0 saturated carbocycles. The number of amides is 1. The zero-order chi connectivity index (χ0) is 19.4. The minimum absolute atomic E-state index is 0.0481. The first-order chi connectivity index (χ1) is 12.9. The molecular formula is C20H28FN5O. The molecule has 7 heteroatoms. The van der Waals surface area contributed by atoms with E-state index in [9.17, 15) is 9.18 Å². The highest BCUT2D eigenvalue weighted by Gasteiger charge is 2.27. The number of piperidine rings is 1. The summed E-state index contributed by atoms with van der Waals surface area (Å²) in [5.74, 6) is 0.135. The number of aromatic nitrogens is 2. The predicted molar refractivity (Wildman–Crippen MR) is 104 cm³/mol. The average molecular weight is 373 g/mol. The molecule has 1 amide bonds. The lowest BCUT2D eigenvalue weighted by Crippen LogP contribution is -2.47. The summed E-state index contributed by atoms with van der Waals surface area (Å²) >= 11 is 0. The number of hydrogen-bond donors (Lipinski definition) is 2. The molecule has 1 aliphatic rings. The van der Waals surface area contributed by atoms with Crippen LogP contribution >= 0.6 is 0 Å². The molecule has 1 saturated heterocycles. The number of nitrogens with one attached hydrogen (secondary N) is 1. The van der Waals surface area contributed by atoms with Crippen molar-refractivity contribution in [1.82, 2.24) is 20.0 Å². The molecule has 2 aromatic rings. The zero-order valence-electron chi connectivity index (χ0n) is 16.0. The monoisotopic (exact) mass is 373 g/mol. The van der Waals surface area contributed by atoms with E-state index in [0.29, 0.717) is 25.4 Å². The molecule has 0 radical (unpaired) electrons. The fraction of sp³-hybridized carbons (Fsp3) is 0.500. The van der Waals surface area contributed by atoms with Crippen molar-refractivity contribution in [2.45, 2.75) is 31.2 Å². The second-order valence-electron chi connectivity index (χ2n) is 7.51. The van der Waals surface area contributed by atoms with Gasteiger partial charge in [0.2, 0.25) is 5.91 Å². The molecule has 0 spiro atoms. The molecular weight excluding hydrogens is 345 g/mol. The number of halogens is 1. The second-order valence-corrected chi connectivity index (χ2v) is 7.51. The molecule has 1 aromatic heterocycles. The summed E-state index contributed by atoms with van der Waals surface area (Å²) in [4.78, 5) is 16.4. The van der Waals surface area contributed by atoms with Gasteiger partial charge in [-0.15, -0.1) is 0 Å². The maximum absolute atomic E-state index is 13.1. The largest absolute Gasteiger partial charge is 0.341 e. The van der Waals surface area contributed by atoms with Gasteiger partial charge in [0.1, 0.15) is 5.82 Å². The van der Waals surface area contributed by atoms with Crippen LogP contribution in [0.25, 0.3) is 11.3 Å². The first-order valence-electron chi connectivity index (χ1n) is 9.44. The maximum Gasteiger partial charge on any atom is 0.239 e. The standard InChI is InChI=1S/C20H28FN5O/c1-25(2)10-9-17(22)20(27)26-11-7-15(8-12-26)19-13-18(23-24-19)14-3-5-16(21)6-4-14/h3-6,13,15,17H,7-12,22H2,1-2H3,(H,23,24). The third kappa shape index (κ3) is 4.93. The lowest BCUT2D eigenvalue weighted by Gasteiger charge is -2.33. The number of hydrogen-bond acceptors (Lipinski definition) is 4. The molecule has 27 heavy (non-hydrogen) atoms. The van der Waals surface area contributed by atoms with Crippen LogP contribution in [0.15, 0.2) is 30.3 Å². The van der Waals surface area contributed by atoms with Crippen molar-refractivity contribution in [2.24, 2.45) is 5.73 Å². The maximum atomic E-state index is 13.1. The van der Waals surface area contributed by atoms with Crippen molar-refractivity contribution in [2.75, 3.05) is 33.7 Å². The summed E-state index contributed by atoms with van der Waals surface area (Å²) in [6.45, 7) is 2.23. The van der Waals surface area contributed by atoms with Crippen molar-refractivity contribution in [3.8, 4) is 11.3 Å². The minimum atomic E-state index is -0.429. The van der Waals surface area contributed by atoms with Crippen LogP contribution < -0.4 is 5.73 Å². The van der Waals surface area contributed by atoms with E-state index in [1.54, 1.807) is 12.1 Å². The first-order valence-corrected chi connectivity index (χ1v) is 9.44. The zero-order valence-corrected chi connectivity index (χ0v) is 16.0. The molecule has 1 atom stereocenters. The number of nitrogens with zero attached hydrogens (tertiary/aromatic N) is 3. The van der Waals surface area contributed by atoms with Gasteiger partial charge >= 0.3 is 0 Å². The number of aromatic amines is 1. The van der Waals surface area contributed by atoms with E-state index in [1.807, 2.05) is 30.0 Å². The van der Waals surface area contributed by atoms with Gasteiger partial charge < -0.3 is 15.5 Å². The second kappa shape index (κ2) is 8.63. The van der Waals surface area contributed by atoms with Gasteiger partial charge in [0.15, 0.2) is 0 Å². The SMILES string of the molecule is CN(C)CCC(N)C(=O)N1CCC(c2cc(-c3ccc(F)cc3)n[nH]2)CC1. The van der Waals surface area contributed by atoms with Gasteiger partial charge in [-0.1, -0.05) is 0 Å². The van der Waals surface area contributed by atoms with Crippen LogP contribution in [0.1, 0.15) is 30.9 Å². The first kappa shape index (κ1) is 19.5. The summed E-state index contributed by atoms with van der Waals surface area (Å²) in [5.41, 5.74) is 8.83. The number of rotatable bonds is 6. The topological polar surface area (TPSA) is 78.2 Å². The van der Waals surface area contributed by atoms with Gasteiger partial charge in [-0.25, -0.2) is 4.39 Å². The predicted octanol–water partition coefficient (Wildman–Crippen LogP) is 2.20. The van der Waals surface area contributed by atoms with Crippen molar-refractivity contribution < 1.29 is 9.18 Å². The van der Waals surface area contributed by atoms with Crippen LogP contribution in [-0.2, 0) is 4.79 Å². The lowest BCUT2D eigenvalue weighted by atomic mass is 9.92. The van der Waals surface area contributed by atoms with E-state index in [2.05, 4.69) is 10.2 Å². The van der Waals surface area contributed by atoms with Gasteiger partial charge in [-0.2, -0.15) is 5.10 Å². The molecule has 1 unspecified atom stereocenters. The summed E-state index contributed by atoms with van der Waals surface area (Å²) < 4.78 is 13.1. The molecule has 1 aliphatic heterocycles. The normalized spacial score (nSPS) is 16.7. The molecule has 3 N–H and O–H groups in total. The van der Waals surface area contributed by atoms with E-state index >= 15 is 0 Å². The van der Waals surface area contributed by atoms with Crippen molar-refractivity contribution in [3.05, 3.63) is 41.8 Å². The van der Waals surface area contributed by atoms with Crippen LogP contribution in [0.5, 0.6) is 0 Å². The molecule has 6 nitrogen and oxygen atoms in total. The van der Waals surface area contributed by atoms with Crippen molar-refractivity contribution in [3.63, 3.8) is 0 Å². The number of likely N-dealkylation sites (tertiary alicyclic amines) is 1. The Morgan fingerprint density at radius 2 is 2.00 bits per heavy atom. The van der Waals surface area contributed by atoms with Gasteiger partial charge in [0.25, 0.3) is 0 Å². The van der Waals surface area contributed by atoms with Crippen LogP contribution in [0, 0.1) is 5.82 Å². The Hall–Kier alpha value is -2.25. The number of carbonyl (C=O) groups excluding carboxylic acids is 1. The van der Waals surface area contributed by atoms with Crippen LogP contribution in [0.3, 0.4) is 0 Å². The van der Waals surface area contributed by atoms with Crippen LogP contribution in [0.4, 0.5) is 4.39 Å². The third-order valence-corrected chi connectivity index (χ3v) is 5.19. The van der Waals surface area contributed by atoms with Gasteiger partial charge in [-0.3, -0.25) is 9.89 Å². The summed E-state index contributed by atoms with van der Waals surface area (Å²) in [5, 5.41) is 7.47. The Morgan fingerprint density at radius 1 is 1.33 bits per heavy atom. The summed E-state index contributed by atoms with van der Waals surface area (Å²) in [7, 11) is 3.96. The highest BCUT2D eigenvalue weighted by Crippen LogP contribution is 2.29. The molecule has 0 bridgehead atoms. The highest BCUT2D eigenvalue weighted by molar-refractivity contribution is 5.81. The summed E-state index contributed by atoms with van der Waals surface area (Å²) in [6, 6.07) is 7.93. The number of H-pyrrole nitrogens is 1. The van der Waals surface area contributed by atoms with E-state index in [4.69, 9.17) is 5.73 Å². The van der Waals surface area contributed by atoms with Crippen molar-refractivity contribution in [1.29, 1.82) is 0 Å². The molecule has 0 aliphatic carbocycles. The Bertz CT molecular complexity index is 750. The van der Waals surface area contributed by atoms with Gasteiger partial charge in [0.05, 0.1) is 11.7 Å². The molecule has 1 aromatic carbocycles. The van der Waals surface area contributed by atoms with E-state index < -0.39 is 6.04 Å². The quantitative estimate of drug-likeness (QED) is 0.814. The van der Waals surface area contributed by atoms with Gasteiger partial charge in [-0.05, 0) is 70.2 Å². The molecule has 3 rings (SSSR count). The lowest BCUT2D eigenvalue weighted by molar-refractivity contribution is -0.133. The van der Waals surface area contributed by atoms with E-state index in [1.165, 1.54) is 12.1 Å². The fourth-order valence-corrected chi connectivity index (χ4v) is 3.48. The smallest absolute Gasteiger partial charge is 0.239 e. The number of nitrogens with two attached hydrogens (primary N) is 1. The highest BCUT2D eigenvalue weighted by atomic mass is 19.1. The van der Waals surface area contributed by atoms with Crippen LogP contribution in [0.2, 0.25) is 0 Å². The summed E-state index contributed by atoms with van der Waals surface area (Å²) in [6.07, 6.45) is 2.45. The number of carbonyl (C=O) groups is 1. The minimum Gasteiger partial charge on any atom is -0.341 e. The third-order valence-electron chi connectivity index (χ3n) is 5.19. The Kier molecular flexibility index (Phi) is 6.23. The van der Waals surface area contributed by atoms with E-state index in [-0.39, 0.29) is 11.7 Å². The fourth-order valence-electron chi connectivity index (χ4n) is 3.48. The van der Waals surface area contributed by atoms with Crippen molar-refractivity contribution >= 4 is 5.91 Å². The van der Waals surface area contributed by atoms with Gasteiger partial charge in [0, 0.05) is 30.3 Å². The molecule has 2 heterocycles. The Labute approximate surface area is 159 Å². The Balaban J connectivity index is 1.55. The Morgan fingerprint density at radius 3 is 2.63 bits per heavy atom. The van der Waals surface area contributed by atoms with E-state index in [0.717, 1.165) is 36.3 Å². The average Bonchev–Trinajstić information content (AvgIpc) is 3.16. The van der Waals surface area contributed by atoms with Crippen LogP contribution in [-0.4, -0.2) is 65.7 Å². The number of benzene rings is 1. The molecule has 1 fully saturated rings. The molecule has 146 valence electrons.